The number of carboxylic acid groups (broad SMARTS) is 1. The summed E-state index contributed by atoms with van der Waals surface area (Å²) >= 11 is 9.19. The van der Waals surface area contributed by atoms with Gasteiger partial charge in [-0.1, -0.05) is 31.5 Å². The van der Waals surface area contributed by atoms with Crippen molar-refractivity contribution in [1.82, 2.24) is 5.32 Å². The fourth-order valence-electron chi connectivity index (χ4n) is 1.41. The molecule has 2 N–H and O–H groups in total. The van der Waals surface area contributed by atoms with Crippen LogP contribution in [0.4, 0.5) is 0 Å². The standard InChI is InChI=1S/C12H13BrClNO3/c1-6(2)10(12(17)18)15-11(16)7-4-3-5-8(13)9(7)14/h3-6,10H,1-2H3,(H,15,16)(H,17,18)/t10-/m1/s1. The summed E-state index contributed by atoms with van der Waals surface area (Å²) in [6, 6.07) is 3.97. The van der Waals surface area contributed by atoms with Crippen LogP contribution in [-0.2, 0) is 4.79 Å². The monoisotopic (exact) mass is 333 g/mol. The van der Waals surface area contributed by atoms with E-state index >= 15 is 0 Å². The second-order valence-corrected chi connectivity index (χ2v) is 5.37. The average Bonchev–Trinajstić information content (AvgIpc) is 2.28. The summed E-state index contributed by atoms with van der Waals surface area (Å²) in [5.41, 5.74) is 0.248. The van der Waals surface area contributed by atoms with Crippen molar-refractivity contribution in [1.29, 1.82) is 0 Å². The van der Waals surface area contributed by atoms with E-state index in [0.29, 0.717) is 4.47 Å². The van der Waals surface area contributed by atoms with Crippen LogP contribution in [0.15, 0.2) is 22.7 Å². The highest BCUT2D eigenvalue weighted by Gasteiger charge is 2.25. The Labute approximate surface area is 118 Å². The zero-order valence-corrected chi connectivity index (χ0v) is 12.2. The van der Waals surface area contributed by atoms with Crippen molar-refractivity contribution in [2.24, 2.45) is 5.92 Å². The van der Waals surface area contributed by atoms with Crippen molar-refractivity contribution in [3.05, 3.63) is 33.3 Å². The van der Waals surface area contributed by atoms with Crippen molar-refractivity contribution >= 4 is 39.4 Å². The highest BCUT2D eigenvalue weighted by molar-refractivity contribution is 9.10. The molecule has 0 spiro atoms. The fourth-order valence-corrected chi connectivity index (χ4v) is 1.99. The lowest BCUT2D eigenvalue weighted by atomic mass is 10.0. The Morgan fingerprint density at radius 2 is 2.00 bits per heavy atom. The first-order valence-corrected chi connectivity index (χ1v) is 6.49. The first kappa shape index (κ1) is 15.0. The molecule has 1 atom stereocenters. The Kier molecular flexibility index (Phi) is 5.16. The molecule has 1 rings (SSSR count). The molecule has 18 heavy (non-hydrogen) atoms. The van der Waals surface area contributed by atoms with Gasteiger partial charge in [0.1, 0.15) is 6.04 Å². The number of benzene rings is 1. The molecule has 0 saturated heterocycles. The molecule has 98 valence electrons. The SMILES string of the molecule is CC(C)[C@@H](NC(=O)c1cccc(Br)c1Cl)C(=O)O. The number of aliphatic carboxylic acids is 1. The van der Waals surface area contributed by atoms with Crippen molar-refractivity contribution in [2.45, 2.75) is 19.9 Å². The third kappa shape index (κ3) is 3.46. The second-order valence-electron chi connectivity index (χ2n) is 4.13. The van der Waals surface area contributed by atoms with E-state index in [1.165, 1.54) is 0 Å². The second kappa shape index (κ2) is 6.20. The molecule has 6 heteroatoms. The molecule has 0 aliphatic heterocycles. The Morgan fingerprint density at radius 1 is 1.39 bits per heavy atom. The summed E-state index contributed by atoms with van der Waals surface area (Å²) in [4.78, 5) is 23.0. The van der Waals surface area contributed by atoms with Gasteiger partial charge in [0.2, 0.25) is 0 Å². The molecule has 0 unspecified atom stereocenters. The first-order valence-electron chi connectivity index (χ1n) is 5.32. The highest BCUT2D eigenvalue weighted by atomic mass is 79.9. The lowest BCUT2D eigenvalue weighted by Crippen LogP contribution is -2.44. The Hall–Kier alpha value is -1.07. The van der Waals surface area contributed by atoms with E-state index < -0.39 is 17.9 Å². The Bertz CT molecular complexity index is 476. The number of halogens is 2. The third-order valence-electron chi connectivity index (χ3n) is 2.42. The molecule has 1 aromatic carbocycles. The minimum atomic E-state index is -1.07. The van der Waals surface area contributed by atoms with Crippen LogP contribution in [0, 0.1) is 5.92 Å². The molecule has 0 aliphatic carbocycles. The topological polar surface area (TPSA) is 66.4 Å². The summed E-state index contributed by atoms with van der Waals surface area (Å²) in [5.74, 6) is -1.77. The molecule has 0 aromatic heterocycles. The molecule has 0 fully saturated rings. The molecule has 0 radical (unpaired) electrons. The van der Waals surface area contributed by atoms with Crippen molar-refractivity contribution < 1.29 is 14.7 Å². The number of carbonyl (C=O) groups excluding carboxylic acids is 1. The number of amides is 1. The zero-order valence-electron chi connectivity index (χ0n) is 9.91. The molecule has 4 nitrogen and oxygen atoms in total. The van der Waals surface area contributed by atoms with E-state index in [1.807, 2.05) is 0 Å². The largest absolute Gasteiger partial charge is 0.480 e. The highest BCUT2D eigenvalue weighted by Crippen LogP contribution is 2.26. The van der Waals surface area contributed by atoms with Crippen LogP contribution in [0.3, 0.4) is 0 Å². The molecule has 0 heterocycles. The summed E-state index contributed by atoms with van der Waals surface area (Å²) < 4.78 is 0.591. The van der Waals surface area contributed by atoms with Crippen LogP contribution in [0.5, 0.6) is 0 Å². The van der Waals surface area contributed by atoms with E-state index in [4.69, 9.17) is 16.7 Å². The minimum absolute atomic E-state index is 0.211. The van der Waals surface area contributed by atoms with Gasteiger partial charge in [0.25, 0.3) is 5.91 Å². The van der Waals surface area contributed by atoms with Crippen LogP contribution in [0.25, 0.3) is 0 Å². The normalized spacial score (nSPS) is 12.3. The number of nitrogens with one attached hydrogen (secondary N) is 1. The van der Waals surface area contributed by atoms with Gasteiger partial charge in [-0.15, -0.1) is 0 Å². The average molecular weight is 335 g/mol. The summed E-state index contributed by atoms with van der Waals surface area (Å²) in [7, 11) is 0. The van der Waals surface area contributed by atoms with E-state index in [9.17, 15) is 9.59 Å². The van der Waals surface area contributed by atoms with Crippen molar-refractivity contribution in [3.8, 4) is 0 Å². The number of carbonyl (C=O) groups is 2. The zero-order chi connectivity index (χ0) is 13.9. The van der Waals surface area contributed by atoms with Gasteiger partial charge in [-0.25, -0.2) is 4.79 Å². The summed E-state index contributed by atoms with van der Waals surface area (Å²) in [5, 5.41) is 11.7. The molecule has 0 saturated carbocycles. The van der Waals surface area contributed by atoms with Crippen LogP contribution in [0.2, 0.25) is 5.02 Å². The van der Waals surface area contributed by atoms with Crippen molar-refractivity contribution in [2.75, 3.05) is 0 Å². The fraction of sp³-hybridized carbons (Fsp3) is 0.333. The molecule has 0 bridgehead atoms. The van der Waals surface area contributed by atoms with E-state index in [-0.39, 0.29) is 16.5 Å². The van der Waals surface area contributed by atoms with Gasteiger partial charge < -0.3 is 10.4 Å². The Morgan fingerprint density at radius 3 is 2.50 bits per heavy atom. The smallest absolute Gasteiger partial charge is 0.326 e. The predicted molar refractivity (Wildman–Crippen MR) is 72.9 cm³/mol. The Balaban J connectivity index is 2.94. The summed E-state index contributed by atoms with van der Waals surface area (Å²) in [6.45, 7) is 3.45. The first-order chi connectivity index (χ1) is 8.34. The maximum atomic E-state index is 12.0. The molecule has 0 aliphatic rings. The van der Waals surface area contributed by atoms with Crippen LogP contribution in [0.1, 0.15) is 24.2 Å². The quantitative estimate of drug-likeness (QED) is 0.889. The van der Waals surface area contributed by atoms with E-state index in [0.717, 1.165) is 0 Å². The third-order valence-corrected chi connectivity index (χ3v) is 3.71. The van der Waals surface area contributed by atoms with Gasteiger partial charge in [0.15, 0.2) is 0 Å². The van der Waals surface area contributed by atoms with Gasteiger partial charge in [0, 0.05) is 4.47 Å². The van der Waals surface area contributed by atoms with Gasteiger partial charge in [0.05, 0.1) is 10.6 Å². The number of carboxylic acids is 1. The molecular formula is C12H13BrClNO3. The van der Waals surface area contributed by atoms with Gasteiger partial charge in [-0.05, 0) is 34.0 Å². The lowest BCUT2D eigenvalue weighted by molar-refractivity contribution is -0.140. The minimum Gasteiger partial charge on any atom is -0.480 e. The number of rotatable bonds is 4. The molecular weight excluding hydrogens is 321 g/mol. The number of hydrogen-bond acceptors (Lipinski definition) is 2. The molecule has 1 aromatic rings. The van der Waals surface area contributed by atoms with Crippen LogP contribution >= 0.6 is 27.5 Å². The number of hydrogen-bond donors (Lipinski definition) is 2. The predicted octanol–water partition coefficient (Wildman–Crippen LogP) is 2.94. The van der Waals surface area contributed by atoms with Crippen LogP contribution in [-0.4, -0.2) is 23.0 Å². The van der Waals surface area contributed by atoms with E-state index in [2.05, 4.69) is 21.2 Å². The molecule has 1 amide bonds. The van der Waals surface area contributed by atoms with Gasteiger partial charge in [-0.3, -0.25) is 4.79 Å². The maximum absolute atomic E-state index is 12.0. The maximum Gasteiger partial charge on any atom is 0.326 e. The van der Waals surface area contributed by atoms with Crippen molar-refractivity contribution in [3.63, 3.8) is 0 Å². The summed E-state index contributed by atoms with van der Waals surface area (Å²) in [6.07, 6.45) is 0. The van der Waals surface area contributed by atoms with Gasteiger partial charge in [-0.2, -0.15) is 0 Å². The van der Waals surface area contributed by atoms with Crippen LogP contribution < -0.4 is 5.32 Å². The lowest BCUT2D eigenvalue weighted by Gasteiger charge is -2.18. The van der Waals surface area contributed by atoms with Gasteiger partial charge >= 0.3 is 5.97 Å². The van der Waals surface area contributed by atoms with E-state index in [1.54, 1.807) is 32.0 Å².